The summed E-state index contributed by atoms with van der Waals surface area (Å²) in [7, 11) is 3.18. The Morgan fingerprint density at radius 1 is 1.25 bits per heavy atom. The van der Waals surface area contributed by atoms with E-state index in [1.54, 1.807) is 26.0 Å². The second-order valence-corrected chi connectivity index (χ2v) is 5.57. The molecule has 2 aromatic carbocycles. The minimum Gasteiger partial charge on any atom is -0.495 e. The molecule has 3 nitrogen and oxygen atoms in total. The van der Waals surface area contributed by atoms with Crippen LogP contribution in [0.1, 0.15) is 0 Å². The van der Waals surface area contributed by atoms with Gasteiger partial charge in [0.25, 0.3) is 5.79 Å². The largest absolute Gasteiger partial charge is 0.495 e. The number of ether oxygens (including phenoxy) is 3. The monoisotopic (exact) mass is 288 g/mol. The standard InChI is InChI=1S/C16H16O3S/c1-11(17-2)16(18-3)10-20-15-13-7-5-4-6-12(13)8-9-14(15)19-16/h4-9H,1,10H2,2-3H3. The molecule has 1 atom stereocenters. The lowest BCUT2D eigenvalue weighted by atomic mass is 10.1. The fraction of sp³-hybridized carbons (Fsp3) is 0.250. The second-order valence-electron chi connectivity index (χ2n) is 4.59. The predicted octanol–water partition coefficient (Wildman–Crippen LogP) is 3.83. The van der Waals surface area contributed by atoms with Crippen LogP contribution in [0.2, 0.25) is 0 Å². The van der Waals surface area contributed by atoms with Crippen LogP contribution < -0.4 is 4.74 Å². The molecule has 0 radical (unpaired) electrons. The third-order valence-corrected chi connectivity index (χ3v) is 4.76. The van der Waals surface area contributed by atoms with Gasteiger partial charge in [0.15, 0.2) is 5.76 Å². The molecule has 0 amide bonds. The molecule has 1 unspecified atom stereocenters. The van der Waals surface area contributed by atoms with E-state index in [4.69, 9.17) is 14.2 Å². The summed E-state index contributed by atoms with van der Waals surface area (Å²) in [5, 5.41) is 2.40. The van der Waals surface area contributed by atoms with Gasteiger partial charge in [0.2, 0.25) is 0 Å². The van der Waals surface area contributed by atoms with Crippen molar-refractivity contribution in [1.29, 1.82) is 0 Å². The summed E-state index contributed by atoms with van der Waals surface area (Å²) in [4.78, 5) is 1.14. The van der Waals surface area contributed by atoms with Gasteiger partial charge in [0, 0.05) is 7.11 Å². The van der Waals surface area contributed by atoms with Gasteiger partial charge in [-0.25, -0.2) is 0 Å². The number of benzene rings is 2. The lowest BCUT2D eigenvalue weighted by molar-refractivity contribution is -0.144. The van der Waals surface area contributed by atoms with Gasteiger partial charge in [-0.3, -0.25) is 0 Å². The average Bonchev–Trinajstić information content (AvgIpc) is 2.53. The van der Waals surface area contributed by atoms with Crippen molar-refractivity contribution in [2.24, 2.45) is 0 Å². The fourth-order valence-electron chi connectivity index (χ4n) is 2.33. The molecule has 104 valence electrons. The van der Waals surface area contributed by atoms with Gasteiger partial charge in [-0.05, 0) is 16.8 Å². The lowest BCUT2D eigenvalue weighted by Gasteiger charge is -2.37. The number of rotatable bonds is 3. The SMILES string of the molecule is C=C(OC)C1(OC)CSc2c(ccc3ccccc23)O1. The number of hydrogen-bond acceptors (Lipinski definition) is 4. The van der Waals surface area contributed by atoms with Crippen LogP contribution in [0.5, 0.6) is 5.75 Å². The van der Waals surface area contributed by atoms with E-state index in [2.05, 4.69) is 24.8 Å². The number of methoxy groups -OCH3 is 2. The molecule has 0 N–H and O–H groups in total. The quantitative estimate of drug-likeness (QED) is 0.802. The van der Waals surface area contributed by atoms with Gasteiger partial charge in [-0.1, -0.05) is 36.9 Å². The van der Waals surface area contributed by atoms with Crippen LogP contribution in [-0.2, 0) is 9.47 Å². The fourth-order valence-corrected chi connectivity index (χ4v) is 3.60. The maximum atomic E-state index is 6.06. The van der Waals surface area contributed by atoms with Crippen molar-refractivity contribution in [2.45, 2.75) is 10.7 Å². The van der Waals surface area contributed by atoms with E-state index < -0.39 is 5.79 Å². The number of fused-ring (bicyclic) bond motifs is 3. The highest BCUT2D eigenvalue weighted by molar-refractivity contribution is 7.99. The summed E-state index contributed by atoms with van der Waals surface area (Å²) in [6, 6.07) is 12.3. The van der Waals surface area contributed by atoms with Crippen molar-refractivity contribution in [2.75, 3.05) is 20.0 Å². The number of hydrogen-bond donors (Lipinski definition) is 0. The Balaban J connectivity index is 2.08. The molecular formula is C16H16O3S. The Hall–Kier alpha value is -1.65. The molecule has 0 spiro atoms. The molecule has 4 heteroatoms. The highest BCUT2D eigenvalue weighted by atomic mass is 32.2. The van der Waals surface area contributed by atoms with E-state index in [1.165, 1.54) is 10.8 Å². The molecule has 0 aromatic heterocycles. The molecule has 3 rings (SSSR count). The summed E-state index contributed by atoms with van der Waals surface area (Å²) >= 11 is 1.70. The van der Waals surface area contributed by atoms with Gasteiger partial charge in [-0.15, -0.1) is 11.8 Å². The zero-order valence-corrected chi connectivity index (χ0v) is 12.3. The van der Waals surface area contributed by atoms with Crippen molar-refractivity contribution >= 4 is 22.5 Å². The molecule has 1 aliphatic rings. The summed E-state index contributed by atoms with van der Waals surface area (Å²) in [6.45, 7) is 3.89. The van der Waals surface area contributed by atoms with Crippen LogP contribution in [0, 0.1) is 0 Å². The Morgan fingerprint density at radius 3 is 2.80 bits per heavy atom. The smallest absolute Gasteiger partial charge is 0.277 e. The molecule has 0 bridgehead atoms. The van der Waals surface area contributed by atoms with Crippen molar-refractivity contribution in [1.82, 2.24) is 0 Å². The Morgan fingerprint density at radius 2 is 2.05 bits per heavy atom. The van der Waals surface area contributed by atoms with Crippen LogP contribution in [0.4, 0.5) is 0 Å². The zero-order chi connectivity index (χ0) is 14.2. The van der Waals surface area contributed by atoms with E-state index in [9.17, 15) is 0 Å². The minimum absolute atomic E-state index is 0.478. The van der Waals surface area contributed by atoms with Gasteiger partial charge >= 0.3 is 0 Å². The van der Waals surface area contributed by atoms with Crippen LogP contribution in [0.3, 0.4) is 0 Å². The Bertz CT molecular complexity index is 668. The molecule has 20 heavy (non-hydrogen) atoms. The molecule has 0 saturated carbocycles. The molecule has 2 aromatic rings. The van der Waals surface area contributed by atoms with Crippen LogP contribution in [0.15, 0.2) is 53.6 Å². The Kier molecular flexibility index (Phi) is 3.36. The molecule has 0 aliphatic carbocycles. The van der Waals surface area contributed by atoms with E-state index in [0.717, 1.165) is 10.6 Å². The summed E-state index contributed by atoms with van der Waals surface area (Å²) < 4.78 is 16.8. The van der Waals surface area contributed by atoms with Crippen LogP contribution >= 0.6 is 11.8 Å². The maximum Gasteiger partial charge on any atom is 0.277 e. The average molecular weight is 288 g/mol. The summed E-state index contributed by atoms with van der Waals surface area (Å²) in [5.41, 5.74) is 0. The topological polar surface area (TPSA) is 27.7 Å². The van der Waals surface area contributed by atoms with Gasteiger partial charge < -0.3 is 14.2 Å². The maximum absolute atomic E-state index is 6.06. The van der Waals surface area contributed by atoms with E-state index in [1.807, 2.05) is 18.2 Å². The van der Waals surface area contributed by atoms with Gasteiger partial charge in [-0.2, -0.15) is 0 Å². The molecule has 1 heterocycles. The van der Waals surface area contributed by atoms with Crippen molar-refractivity contribution in [3.8, 4) is 5.75 Å². The molecular weight excluding hydrogens is 272 g/mol. The van der Waals surface area contributed by atoms with Crippen LogP contribution in [0.25, 0.3) is 10.8 Å². The first-order chi connectivity index (χ1) is 9.70. The number of thioether (sulfide) groups is 1. The molecule has 0 fully saturated rings. The van der Waals surface area contributed by atoms with E-state index in [-0.39, 0.29) is 0 Å². The third kappa shape index (κ3) is 1.96. The minimum atomic E-state index is -0.922. The third-order valence-electron chi connectivity index (χ3n) is 3.53. The summed E-state index contributed by atoms with van der Waals surface area (Å²) in [5.74, 6) is 0.970. The van der Waals surface area contributed by atoms with Crippen molar-refractivity contribution in [3.63, 3.8) is 0 Å². The highest BCUT2D eigenvalue weighted by Crippen LogP contribution is 2.45. The predicted molar refractivity (Wildman–Crippen MR) is 81.2 cm³/mol. The first kappa shape index (κ1) is 13.3. The lowest BCUT2D eigenvalue weighted by Crippen LogP contribution is -2.45. The van der Waals surface area contributed by atoms with Gasteiger partial charge in [0.05, 0.1) is 17.8 Å². The zero-order valence-electron chi connectivity index (χ0n) is 11.5. The normalized spacial score (nSPS) is 21.1. The van der Waals surface area contributed by atoms with Gasteiger partial charge in [0.1, 0.15) is 5.75 Å². The van der Waals surface area contributed by atoms with Crippen molar-refractivity contribution in [3.05, 3.63) is 48.7 Å². The second kappa shape index (κ2) is 5.04. The summed E-state index contributed by atoms with van der Waals surface area (Å²) in [6.07, 6.45) is 0. The van der Waals surface area contributed by atoms with E-state index in [0.29, 0.717) is 11.5 Å². The van der Waals surface area contributed by atoms with E-state index >= 15 is 0 Å². The highest BCUT2D eigenvalue weighted by Gasteiger charge is 2.41. The first-order valence-corrected chi connectivity index (χ1v) is 7.31. The molecule has 1 aliphatic heterocycles. The van der Waals surface area contributed by atoms with Crippen LogP contribution in [-0.4, -0.2) is 25.8 Å². The first-order valence-electron chi connectivity index (χ1n) is 6.32. The molecule has 0 saturated heterocycles. The Labute approximate surface area is 122 Å². The van der Waals surface area contributed by atoms with Crippen molar-refractivity contribution < 1.29 is 14.2 Å².